The molecule has 0 saturated heterocycles. The maximum absolute atomic E-state index is 5.72. The van der Waals surface area contributed by atoms with Gasteiger partial charge in [-0.3, -0.25) is 4.57 Å². The Balaban J connectivity index is 2.00. The molecule has 0 atom stereocenters. The normalized spacial score (nSPS) is 11.5. The van der Waals surface area contributed by atoms with E-state index in [0.29, 0.717) is 13.0 Å². The van der Waals surface area contributed by atoms with Gasteiger partial charge in [0.2, 0.25) is 0 Å². The van der Waals surface area contributed by atoms with Crippen molar-refractivity contribution in [1.82, 2.24) is 24.1 Å². The smallest absolute Gasteiger partial charge is 0.157 e. The number of aromatic nitrogens is 5. The highest BCUT2D eigenvalue weighted by atomic mass is 15.3. The number of benzene rings is 1. The molecule has 3 heterocycles. The van der Waals surface area contributed by atoms with Crippen LogP contribution >= 0.6 is 0 Å². The molecule has 0 saturated carbocycles. The molecule has 0 radical (unpaired) electrons. The SMILES string of the molecule is NCCc1nc2ccccc2n1-c1ccn2nccc2n1. The number of imidazole rings is 1. The molecule has 1 aromatic carbocycles. The summed E-state index contributed by atoms with van der Waals surface area (Å²) in [5, 5.41) is 4.17. The van der Waals surface area contributed by atoms with Crippen molar-refractivity contribution >= 4 is 16.7 Å². The Morgan fingerprint density at radius 1 is 1.05 bits per heavy atom. The second-order valence-electron chi connectivity index (χ2n) is 4.81. The Labute approximate surface area is 120 Å². The van der Waals surface area contributed by atoms with E-state index in [1.165, 1.54) is 0 Å². The highest BCUT2D eigenvalue weighted by Gasteiger charge is 2.12. The number of hydrogen-bond acceptors (Lipinski definition) is 4. The van der Waals surface area contributed by atoms with Gasteiger partial charge in [-0.2, -0.15) is 5.10 Å². The molecule has 21 heavy (non-hydrogen) atoms. The standard InChI is InChI=1S/C15H14N6/c16-8-5-14-18-11-3-1-2-4-12(11)21(14)15-7-10-20-13(19-15)6-9-17-20/h1-4,6-7,9-10H,5,8,16H2. The zero-order valence-electron chi connectivity index (χ0n) is 11.3. The third-order valence-corrected chi connectivity index (χ3v) is 3.47. The molecular formula is C15H14N6. The van der Waals surface area contributed by atoms with Crippen LogP contribution in [0.2, 0.25) is 0 Å². The summed E-state index contributed by atoms with van der Waals surface area (Å²) in [5.41, 5.74) is 8.52. The van der Waals surface area contributed by atoms with Crippen molar-refractivity contribution in [1.29, 1.82) is 0 Å². The minimum Gasteiger partial charge on any atom is -0.330 e. The number of rotatable bonds is 3. The molecule has 0 spiro atoms. The second kappa shape index (κ2) is 4.68. The van der Waals surface area contributed by atoms with Gasteiger partial charge in [0.05, 0.1) is 17.2 Å². The molecule has 6 heteroatoms. The Bertz CT molecular complexity index is 920. The fourth-order valence-electron chi connectivity index (χ4n) is 2.56. The van der Waals surface area contributed by atoms with Gasteiger partial charge in [0.25, 0.3) is 0 Å². The molecule has 0 amide bonds. The summed E-state index contributed by atoms with van der Waals surface area (Å²) in [7, 11) is 0. The lowest BCUT2D eigenvalue weighted by Gasteiger charge is -2.08. The number of fused-ring (bicyclic) bond motifs is 2. The van der Waals surface area contributed by atoms with Gasteiger partial charge in [-0.1, -0.05) is 12.1 Å². The van der Waals surface area contributed by atoms with Crippen molar-refractivity contribution in [2.75, 3.05) is 6.54 Å². The lowest BCUT2D eigenvalue weighted by atomic mass is 10.3. The Hall–Kier alpha value is -2.73. The van der Waals surface area contributed by atoms with Crippen molar-refractivity contribution < 1.29 is 0 Å². The Kier molecular flexibility index (Phi) is 2.68. The predicted octanol–water partition coefficient (Wildman–Crippen LogP) is 1.57. The van der Waals surface area contributed by atoms with Crippen LogP contribution in [-0.2, 0) is 6.42 Å². The van der Waals surface area contributed by atoms with Crippen LogP contribution in [0.4, 0.5) is 0 Å². The van der Waals surface area contributed by atoms with Gasteiger partial charge in [0.1, 0.15) is 11.6 Å². The van der Waals surface area contributed by atoms with Gasteiger partial charge in [0, 0.05) is 18.7 Å². The van der Waals surface area contributed by atoms with Crippen molar-refractivity contribution in [2.24, 2.45) is 5.73 Å². The summed E-state index contributed by atoms with van der Waals surface area (Å²) >= 11 is 0. The zero-order valence-corrected chi connectivity index (χ0v) is 11.3. The molecule has 104 valence electrons. The van der Waals surface area contributed by atoms with Crippen molar-refractivity contribution in [3.63, 3.8) is 0 Å². The maximum atomic E-state index is 5.72. The van der Waals surface area contributed by atoms with Crippen LogP contribution in [0.25, 0.3) is 22.5 Å². The van der Waals surface area contributed by atoms with Crippen LogP contribution in [0, 0.1) is 0 Å². The molecule has 6 nitrogen and oxygen atoms in total. The molecule has 3 aromatic heterocycles. The van der Waals surface area contributed by atoms with Gasteiger partial charge in [-0.15, -0.1) is 0 Å². The van der Waals surface area contributed by atoms with E-state index in [-0.39, 0.29) is 0 Å². The minimum absolute atomic E-state index is 0.554. The molecule has 0 bridgehead atoms. The first-order valence-electron chi connectivity index (χ1n) is 6.84. The van der Waals surface area contributed by atoms with Crippen molar-refractivity contribution in [2.45, 2.75) is 6.42 Å². The van der Waals surface area contributed by atoms with E-state index in [1.807, 2.05) is 42.6 Å². The van der Waals surface area contributed by atoms with Crippen LogP contribution in [0.1, 0.15) is 5.82 Å². The van der Waals surface area contributed by atoms with E-state index in [1.54, 1.807) is 10.7 Å². The van der Waals surface area contributed by atoms with Gasteiger partial charge < -0.3 is 5.73 Å². The third-order valence-electron chi connectivity index (χ3n) is 3.47. The predicted molar refractivity (Wildman–Crippen MR) is 80.4 cm³/mol. The average molecular weight is 278 g/mol. The molecular weight excluding hydrogens is 264 g/mol. The summed E-state index contributed by atoms with van der Waals surface area (Å²) in [6.07, 6.45) is 4.35. The molecule has 0 fully saturated rings. The van der Waals surface area contributed by atoms with Crippen molar-refractivity contribution in [3.8, 4) is 5.82 Å². The monoisotopic (exact) mass is 278 g/mol. The number of nitrogens with zero attached hydrogens (tertiary/aromatic N) is 5. The first-order valence-corrected chi connectivity index (χ1v) is 6.84. The highest BCUT2D eigenvalue weighted by molar-refractivity contribution is 5.78. The van der Waals surface area contributed by atoms with Gasteiger partial charge in [-0.05, 0) is 24.7 Å². The minimum atomic E-state index is 0.554. The quantitative estimate of drug-likeness (QED) is 0.617. The van der Waals surface area contributed by atoms with E-state index >= 15 is 0 Å². The van der Waals surface area contributed by atoms with Crippen LogP contribution < -0.4 is 5.73 Å². The van der Waals surface area contributed by atoms with E-state index in [0.717, 1.165) is 28.3 Å². The first kappa shape index (κ1) is 12.0. The van der Waals surface area contributed by atoms with E-state index in [9.17, 15) is 0 Å². The van der Waals surface area contributed by atoms with Gasteiger partial charge >= 0.3 is 0 Å². The molecule has 0 aliphatic carbocycles. The summed E-state index contributed by atoms with van der Waals surface area (Å²) < 4.78 is 3.81. The van der Waals surface area contributed by atoms with E-state index in [2.05, 4.69) is 19.6 Å². The lowest BCUT2D eigenvalue weighted by Crippen LogP contribution is -2.10. The molecule has 4 rings (SSSR count). The fraction of sp³-hybridized carbons (Fsp3) is 0.133. The number of nitrogens with two attached hydrogens (primary N) is 1. The molecule has 0 aliphatic heterocycles. The maximum Gasteiger partial charge on any atom is 0.157 e. The highest BCUT2D eigenvalue weighted by Crippen LogP contribution is 2.20. The summed E-state index contributed by atoms with van der Waals surface area (Å²) in [6, 6.07) is 11.9. The van der Waals surface area contributed by atoms with Gasteiger partial charge in [0.15, 0.2) is 5.65 Å². The lowest BCUT2D eigenvalue weighted by molar-refractivity contribution is 0.829. The van der Waals surface area contributed by atoms with Crippen molar-refractivity contribution in [3.05, 3.63) is 54.6 Å². The Morgan fingerprint density at radius 2 is 1.95 bits per heavy atom. The second-order valence-corrected chi connectivity index (χ2v) is 4.81. The number of para-hydroxylation sites is 2. The molecule has 0 unspecified atom stereocenters. The fourth-order valence-corrected chi connectivity index (χ4v) is 2.56. The van der Waals surface area contributed by atoms with Gasteiger partial charge in [-0.25, -0.2) is 14.5 Å². The van der Waals surface area contributed by atoms with E-state index in [4.69, 9.17) is 5.73 Å². The first-order chi connectivity index (χ1) is 10.4. The van der Waals surface area contributed by atoms with Crippen LogP contribution in [0.5, 0.6) is 0 Å². The van der Waals surface area contributed by atoms with Crippen LogP contribution in [0.3, 0.4) is 0 Å². The largest absolute Gasteiger partial charge is 0.330 e. The van der Waals surface area contributed by atoms with Crippen LogP contribution in [-0.4, -0.2) is 30.7 Å². The number of hydrogen-bond donors (Lipinski definition) is 1. The summed E-state index contributed by atoms with van der Waals surface area (Å²) in [4.78, 5) is 9.32. The Morgan fingerprint density at radius 3 is 2.86 bits per heavy atom. The zero-order chi connectivity index (χ0) is 14.2. The van der Waals surface area contributed by atoms with E-state index < -0.39 is 0 Å². The van der Waals surface area contributed by atoms with Crippen LogP contribution in [0.15, 0.2) is 48.8 Å². The summed E-state index contributed by atoms with van der Waals surface area (Å²) in [5.74, 6) is 1.76. The molecule has 0 aliphatic rings. The topological polar surface area (TPSA) is 74.0 Å². The molecule has 4 aromatic rings. The third kappa shape index (κ3) is 1.88. The average Bonchev–Trinajstić information content (AvgIpc) is 3.10. The molecule has 2 N–H and O–H groups in total. The summed E-state index contributed by atoms with van der Waals surface area (Å²) in [6.45, 7) is 0.554.